The molecule has 0 radical (unpaired) electrons. The normalized spacial score (nSPS) is 24.8. The van der Waals surface area contributed by atoms with Crippen LogP contribution < -0.4 is 5.32 Å². The van der Waals surface area contributed by atoms with Gasteiger partial charge in [-0.05, 0) is 25.9 Å². The molecule has 0 spiro atoms. The number of aromatic nitrogens is 2. The first-order chi connectivity index (χ1) is 9.22. The number of likely N-dealkylation sites (tertiary alicyclic amines) is 1. The largest absolute Gasteiger partial charge is 0.383 e. The standard InChI is InChI=1S/C14H26N4O/c1-12-10-17(2)6-4-14(12)18-11-16-9-13(18)8-15-5-7-19-3/h9,11-12,14-15H,4-8,10H2,1-3H3. The minimum Gasteiger partial charge on any atom is -0.383 e. The first-order valence-corrected chi connectivity index (χ1v) is 7.11. The molecule has 19 heavy (non-hydrogen) atoms. The van der Waals surface area contributed by atoms with Crippen LogP contribution in [0.25, 0.3) is 0 Å². The molecule has 1 aliphatic heterocycles. The Bertz CT molecular complexity index is 379. The lowest BCUT2D eigenvalue weighted by molar-refractivity contribution is 0.156. The van der Waals surface area contributed by atoms with Crippen LogP contribution >= 0.6 is 0 Å². The van der Waals surface area contributed by atoms with Gasteiger partial charge in [-0.3, -0.25) is 0 Å². The van der Waals surface area contributed by atoms with Gasteiger partial charge in [0, 0.05) is 39.0 Å². The van der Waals surface area contributed by atoms with E-state index in [-0.39, 0.29) is 0 Å². The summed E-state index contributed by atoms with van der Waals surface area (Å²) in [6, 6.07) is 0.581. The zero-order valence-electron chi connectivity index (χ0n) is 12.3. The van der Waals surface area contributed by atoms with E-state index in [9.17, 15) is 0 Å². The summed E-state index contributed by atoms with van der Waals surface area (Å²) < 4.78 is 7.40. The lowest BCUT2D eigenvalue weighted by Gasteiger charge is -2.36. The van der Waals surface area contributed by atoms with Gasteiger partial charge < -0.3 is 19.5 Å². The Kier molecular flexibility index (Phi) is 5.36. The molecular formula is C14H26N4O. The molecule has 1 N–H and O–H groups in total. The van der Waals surface area contributed by atoms with Crippen molar-refractivity contribution < 1.29 is 4.74 Å². The lowest BCUT2D eigenvalue weighted by Crippen LogP contribution is -2.38. The molecule has 108 valence electrons. The Balaban J connectivity index is 1.94. The number of piperidine rings is 1. The van der Waals surface area contributed by atoms with Crippen molar-refractivity contribution in [2.45, 2.75) is 25.9 Å². The lowest BCUT2D eigenvalue weighted by atomic mass is 9.94. The van der Waals surface area contributed by atoms with Gasteiger partial charge in [0.05, 0.1) is 18.6 Å². The van der Waals surface area contributed by atoms with Gasteiger partial charge in [0.15, 0.2) is 0 Å². The highest BCUT2D eigenvalue weighted by Gasteiger charge is 2.26. The Morgan fingerprint density at radius 2 is 2.37 bits per heavy atom. The molecule has 2 unspecified atom stereocenters. The smallest absolute Gasteiger partial charge is 0.0951 e. The third-order valence-corrected chi connectivity index (χ3v) is 3.96. The Morgan fingerprint density at radius 1 is 1.53 bits per heavy atom. The molecule has 5 heteroatoms. The molecule has 1 aromatic rings. The summed E-state index contributed by atoms with van der Waals surface area (Å²) in [5.41, 5.74) is 1.28. The zero-order valence-corrected chi connectivity index (χ0v) is 12.3. The van der Waals surface area contributed by atoms with Crippen LogP contribution in [0.3, 0.4) is 0 Å². The number of nitrogens with one attached hydrogen (secondary N) is 1. The van der Waals surface area contributed by atoms with E-state index in [1.807, 2.05) is 12.5 Å². The van der Waals surface area contributed by atoms with Crippen LogP contribution in [0.15, 0.2) is 12.5 Å². The van der Waals surface area contributed by atoms with Crippen LogP contribution in [0.1, 0.15) is 25.1 Å². The number of rotatable bonds is 6. The average molecular weight is 266 g/mol. The van der Waals surface area contributed by atoms with Crippen molar-refractivity contribution in [2.75, 3.05) is 40.4 Å². The second-order valence-electron chi connectivity index (χ2n) is 5.56. The van der Waals surface area contributed by atoms with Gasteiger partial charge in [-0.25, -0.2) is 4.98 Å². The number of methoxy groups -OCH3 is 1. The van der Waals surface area contributed by atoms with E-state index in [0.29, 0.717) is 12.0 Å². The summed E-state index contributed by atoms with van der Waals surface area (Å²) in [6.07, 6.45) is 5.17. The van der Waals surface area contributed by atoms with Crippen molar-refractivity contribution in [1.29, 1.82) is 0 Å². The highest BCUT2D eigenvalue weighted by atomic mass is 16.5. The fourth-order valence-corrected chi connectivity index (χ4v) is 2.91. The van der Waals surface area contributed by atoms with Crippen LogP contribution in [0.2, 0.25) is 0 Å². The molecule has 2 heterocycles. The highest BCUT2D eigenvalue weighted by molar-refractivity contribution is 5.02. The molecule has 0 amide bonds. The summed E-state index contributed by atoms with van der Waals surface area (Å²) in [5, 5.41) is 3.40. The number of hydrogen-bond acceptors (Lipinski definition) is 4. The van der Waals surface area contributed by atoms with Crippen molar-refractivity contribution in [3.05, 3.63) is 18.2 Å². The van der Waals surface area contributed by atoms with E-state index in [1.54, 1.807) is 7.11 Å². The third-order valence-electron chi connectivity index (χ3n) is 3.96. The number of ether oxygens (including phenoxy) is 1. The van der Waals surface area contributed by atoms with Gasteiger partial charge in [-0.1, -0.05) is 6.92 Å². The van der Waals surface area contributed by atoms with Crippen LogP contribution in [-0.2, 0) is 11.3 Å². The van der Waals surface area contributed by atoms with E-state index in [4.69, 9.17) is 4.74 Å². The average Bonchev–Trinajstić information content (AvgIpc) is 2.83. The SMILES string of the molecule is COCCNCc1cncn1C1CCN(C)CC1C. The Labute approximate surface area is 116 Å². The third kappa shape index (κ3) is 3.78. The quantitative estimate of drug-likeness (QED) is 0.784. The van der Waals surface area contributed by atoms with E-state index in [0.717, 1.165) is 19.7 Å². The minimum absolute atomic E-state index is 0.581. The fourth-order valence-electron chi connectivity index (χ4n) is 2.91. The number of hydrogen-bond donors (Lipinski definition) is 1. The molecule has 1 aromatic heterocycles. The summed E-state index contributed by atoms with van der Waals surface area (Å²) in [7, 11) is 3.93. The van der Waals surface area contributed by atoms with Crippen LogP contribution in [0, 0.1) is 5.92 Å². The summed E-state index contributed by atoms with van der Waals surface area (Å²) >= 11 is 0. The van der Waals surface area contributed by atoms with E-state index < -0.39 is 0 Å². The van der Waals surface area contributed by atoms with Crippen molar-refractivity contribution in [2.24, 2.45) is 5.92 Å². The molecule has 0 bridgehead atoms. The zero-order chi connectivity index (χ0) is 13.7. The first kappa shape index (κ1) is 14.5. The molecule has 0 saturated carbocycles. The molecule has 2 rings (SSSR count). The molecule has 0 aliphatic carbocycles. The number of imidazole rings is 1. The van der Waals surface area contributed by atoms with Gasteiger partial charge in [0.2, 0.25) is 0 Å². The first-order valence-electron chi connectivity index (χ1n) is 7.11. The molecule has 5 nitrogen and oxygen atoms in total. The van der Waals surface area contributed by atoms with Crippen LogP contribution in [-0.4, -0.2) is 54.8 Å². The molecular weight excluding hydrogens is 240 g/mol. The molecule has 0 aromatic carbocycles. The van der Waals surface area contributed by atoms with Crippen molar-refractivity contribution in [1.82, 2.24) is 19.8 Å². The predicted molar refractivity (Wildman–Crippen MR) is 76.1 cm³/mol. The van der Waals surface area contributed by atoms with Crippen molar-refractivity contribution in [3.8, 4) is 0 Å². The fraction of sp³-hybridized carbons (Fsp3) is 0.786. The maximum atomic E-state index is 5.05. The van der Waals surface area contributed by atoms with E-state index in [1.165, 1.54) is 25.2 Å². The molecule has 1 saturated heterocycles. The molecule has 1 aliphatic rings. The monoisotopic (exact) mass is 266 g/mol. The van der Waals surface area contributed by atoms with E-state index in [2.05, 4.69) is 33.7 Å². The van der Waals surface area contributed by atoms with Gasteiger partial charge in [-0.15, -0.1) is 0 Å². The summed E-state index contributed by atoms with van der Waals surface area (Å²) in [4.78, 5) is 6.74. The number of nitrogens with zero attached hydrogens (tertiary/aromatic N) is 3. The Morgan fingerprint density at radius 3 is 3.11 bits per heavy atom. The van der Waals surface area contributed by atoms with Crippen molar-refractivity contribution >= 4 is 0 Å². The summed E-state index contributed by atoms with van der Waals surface area (Å²) in [6.45, 7) is 7.16. The van der Waals surface area contributed by atoms with Gasteiger partial charge >= 0.3 is 0 Å². The van der Waals surface area contributed by atoms with Gasteiger partial charge in [0.1, 0.15) is 0 Å². The topological polar surface area (TPSA) is 42.3 Å². The predicted octanol–water partition coefficient (Wildman–Crippen LogP) is 1.13. The highest BCUT2D eigenvalue weighted by Crippen LogP contribution is 2.28. The van der Waals surface area contributed by atoms with Gasteiger partial charge in [-0.2, -0.15) is 0 Å². The second kappa shape index (κ2) is 7.03. The maximum Gasteiger partial charge on any atom is 0.0951 e. The van der Waals surface area contributed by atoms with Crippen LogP contribution in [0.4, 0.5) is 0 Å². The van der Waals surface area contributed by atoms with E-state index >= 15 is 0 Å². The molecule has 1 fully saturated rings. The Hall–Kier alpha value is -0.910. The summed E-state index contributed by atoms with van der Waals surface area (Å²) in [5.74, 6) is 0.672. The van der Waals surface area contributed by atoms with Crippen LogP contribution in [0.5, 0.6) is 0 Å². The second-order valence-corrected chi connectivity index (χ2v) is 5.56. The molecule has 2 atom stereocenters. The van der Waals surface area contributed by atoms with Gasteiger partial charge in [0.25, 0.3) is 0 Å². The van der Waals surface area contributed by atoms with Crippen molar-refractivity contribution in [3.63, 3.8) is 0 Å². The maximum absolute atomic E-state index is 5.05. The minimum atomic E-state index is 0.581.